The van der Waals surface area contributed by atoms with Crippen molar-refractivity contribution in [2.45, 2.75) is 39.0 Å². The van der Waals surface area contributed by atoms with Gasteiger partial charge in [-0.2, -0.15) is 13.2 Å². The van der Waals surface area contributed by atoms with E-state index in [-0.39, 0.29) is 18.8 Å². The number of alkyl halides is 3. The molecule has 8 nitrogen and oxygen atoms in total. The number of carbonyl (C=O) groups excluding carboxylic acids is 2. The van der Waals surface area contributed by atoms with Gasteiger partial charge < -0.3 is 15.0 Å². The summed E-state index contributed by atoms with van der Waals surface area (Å²) in [6.45, 7) is 4.08. The molecule has 11 heteroatoms. The number of piperidine rings is 1. The molecular formula is C18H22F3N3O5. The molecule has 0 aromatic heterocycles. The third-order valence-electron chi connectivity index (χ3n) is 4.68. The highest BCUT2D eigenvalue weighted by Crippen LogP contribution is 2.37. The van der Waals surface area contributed by atoms with Crippen LogP contribution in [-0.4, -0.2) is 42.5 Å². The topological polar surface area (TPSA) is 102 Å². The molecule has 1 aromatic rings. The van der Waals surface area contributed by atoms with Gasteiger partial charge in [0.25, 0.3) is 11.6 Å². The van der Waals surface area contributed by atoms with Crippen molar-refractivity contribution in [1.82, 2.24) is 5.32 Å². The number of likely N-dealkylation sites (N-methyl/N-ethyl adjacent to an activating group) is 1. The van der Waals surface area contributed by atoms with Crippen LogP contribution < -0.4 is 10.2 Å². The van der Waals surface area contributed by atoms with Crippen LogP contribution in [-0.2, 0) is 20.5 Å². The van der Waals surface area contributed by atoms with E-state index in [1.54, 1.807) is 11.8 Å². The fraction of sp³-hybridized carbons (Fsp3) is 0.556. The van der Waals surface area contributed by atoms with Crippen LogP contribution in [0.4, 0.5) is 24.5 Å². The van der Waals surface area contributed by atoms with Crippen molar-refractivity contribution in [1.29, 1.82) is 0 Å². The fourth-order valence-electron chi connectivity index (χ4n) is 3.11. The highest BCUT2D eigenvalue weighted by Gasteiger charge is 2.35. The molecule has 1 fully saturated rings. The van der Waals surface area contributed by atoms with Gasteiger partial charge in [0.1, 0.15) is 5.69 Å². The standard InChI is InChI=1S/C18H22F3N3O5/c1-3-22-16(25)11(2)29-17(26)12-6-8-23(9-7-12)14-5-4-13(18(19,20)21)10-15(14)24(27)28/h4-5,10-12H,3,6-9H2,1-2H3,(H,22,25)/t11-/m1/s1. The Kier molecular flexibility index (Phi) is 7.04. The van der Waals surface area contributed by atoms with E-state index < -0.39 is 46.2 Å². The Hall–Kier alpha value is -2.85. The largest absolute Gasteiger partial charge is 0.452 e. The molecule has 0 bridgehead atoms. The van der Waals surface area contributed by atoms with E-state index in [2.05, 4.69) is 5.32 Å². The van der Waals surface area contributed by atoms with E-state index in [4.69, 9.17) is 4.74 Å². The number of halogens is 3. The number of esters is 1. The molecule has 1 aromatic carbocycles. The number of hydrogen-bond donors (Lipinski definition) is 1. The second-order valence-electron chi connectivity index (χ2n) is 6.69. The number of hydrogen-bond acceptors (Lipinski definition) is 6. The zero-order chi connectivity index (χ0) is 21.8. The predicted octanol–water partition coefficient (Wildman–Crippen LogP) is 2.90. The van der Waals surface area contributed by atoms with Crippen LogP contribution in [0.1, 0.15) is 32.3 Å². The number of anilines is 1. The van der Waals surface area contributed by atoms with Crippen molar-refractivity contribution in [2.24, 2.45) is 5.92 Å². The molecule has 160 valence electrons. The summed E-state index contributed by atoms with van der Waals surface area (Å²) in [6.07, 6.45) is -5.00. The maximum atomic E-state index is 12.8. The van der Waals surface area contributed by atoms with Gasteiger partial charge in [-0.25, -0.2) is 0 Å². The molecule has 0 radical (unpaired) electrons. The number of nitro groups is 1. The highest BCUT2D eigenvalue weighted by molar-refractivity contribution is 5.84. The second kappa shape index (κ2) is 9.10. The molecule has 2 rings (SSSR count). The molecule has 1 aliphatic rings. The van der Waals surface area contributed by atoms with Gasteiger partial charge in [-0.1, -0.05) is 0 Å². The Bertz CT molecular complexity index is 776. The Balaban J connectivity index is 2.04. The lowest BCUT2D eigenvalue weighted by Crippen LogP contribution is -2.40. The Morgan fingerprint density at radius 2 is 1.97 bits per heavy atom. The van der Waals surface area contributed by atoms with Gasteiger partial charge in [-0.3, -0.25) is 19.7 Å². The molecule has 1 N–H and O–H groups in total. The van der Waals surface area contributed by atoms with Crippen LogP contribution in [0, 0.1) is 16.0 Å². The van der Waals surface area contributed by atoms with E-state index in [1.165, 1.54) is 6.92 Å². The summed E-state index contributed by atoms with van der Waals surface area (Å²) in [5, 5.41) is 13.8. The molecule has 0 unspecified atom stereocenters. The van der Waals surface area contributed by atoms with E-state index >= 15 is 0 Å². The molecule has 1 amide bonds. The zero-order valence-corrected chi connectivity index (χ0v) is 16.0. The van der Waals surface area contributed by atoms with Crippen LogP contribution in [0.5, 0.6) is 0 Å². The molecule has 1 atom stereocenters. The minimum absolute atomic E-state index is 0.0745. The summed E-state index contributed by atoms with van der Waals surface area (Å²) in [6, 6.07) is 2.40. The molecule has 0 saturated carbocycles. The van der Waals surface area contributed by atoms with Gasteiger partial charge in [-0.05, 0) is 38.8 Å². The average molecular weight is 417 g/mol. The number of rotatable bonds is 6. The van der Waals surface area contributed by atoms with Gasteiger partial charge in [0, 0.05) is 25.7 Å². The van der Waals surface area contributed by atoms with Gasteiger partial charge in [-0.15, -0.1) is 0 Å². The summed E-state index contributed by atoms with van der Waals surface area (Å²) in [7, 11) is 0. The molecule has 29 heavy (non-hydrogen) atoms. The van der Waals surface area contributed by atoms with Gasteiger partial charge in [0.15, 0.2) is 6.10 Å². The van der Waals surface area contributed by atoms with Crippen molar-refractivity contribution in [3.8, 4) is 0 Å². The lowest BCUT2D eigenvalue weighted by molar-refractivity contribution is -0.384. The summed E-state index contributed by atoms with van der Waals surface area (Å²) < 4.78 is 43.7. The van der Waals surface area contributed by atoms with Gasteiger partial charge >= 0.3 is 12.1 Å². The van der Waals surface area contributed by atoms with Crippen molar-refractivity contribution >= 4 is 23.3 Å². The number of benzene rings is 1. The first-order chi connectivity index (χ1) is 13.5. The van der Waals surface area contributed by atoms with Crippen LogP contribution >= 0.6 is 0 Å². The first-order valence-corrected chi connectivity index (χ1v) is 9.13. The quantitative estimate of drug-likeness (QED) is 0.434. The Labute approximate surface area is 165 Å². The van der Waals surface area contributed by atoms with E-state index in [1.807, 2.05) is 0 Å². The van der Waals surface area contributed by atoms with Crippen LogP contribution in [0.25, 0.3) is 0 Å². The number of nitro benzene ring substituents is 1. The third kappa shape index (κ3) is 5.58. The van der Waals surface area contributed by atoms with E-state index in [0.717, 1.165) is 12.1 Å². The van der Waals surface area contributed by atoms with E-state index in [9.17, 15) is 32.9 Å². The third-order valence-corrected chi connectivity index (χ3v) is 4.68. The van der Waals surface area contributed by atoms with Gasteiger partial charge in [0.2, 0.25) is 0 Å². The van der Waals surface area contributed by atoms with Crippen LogP contribution in [0.15, 0.2) is 18.2 Å². The molecule has 0 aliphatic carbocycles. The zero-order valence-electron chi connectivity index (χ0n) is 16.0. The SMILES string of the molecule is CCNC(=O)[C@@H](C)OC(=O)C1CCN(c2ccc(C(F)(F)F)cc2[N+](=O)[O-])CC1. The molecule has 1 heterocycles. The summed E-state index contributed by atoms with van der Waals surface area (Å²) in [5.41, 5.74) is -1.65. The number of carbonyl (C=O) groups is 2. The van der Waals surface area contributed by atoms with Crippen LogP contribution in [0.3, 0.4) is 0 Å². The lowest BCUT2D eigenvalue weighted by atomic mass is 9.96. The number of nitrogens with zero attached hydrogens (tertiary/aromatic N) is 2. The Morgan fingerprint density at radius 3 is 2.48 bits per heavy atom. The average Bonchev–Trinajstić information content (AvgIpc) is 2.67. The molecular weight excluding hydrogens is 395 g/mol. The van der Waals surface area contributed by atoms with Gasteiger partial charge in [0.05, 0.1) is 16.4 Å². The maximum Gasteiger partial charge on any atom is 0.416 e. The summed E-state index contributed by atoms with van der Waals surface area (Å²) in [4.78, 5) is 35.9. The molecule has 1 aliphatic heterocycles. The number of nitrogens with one attached hydrogen (secondary N) is 1. The summed E-state index contributed by atoms with van der Waals surface area (Å²) >= 11 is 0. The second-order valence-corrected chi connectivity index (χ2v) is 6.69. The molecule has 1 saturated heterocycles. The maximum absolute atomic E-state index is 12.8. The fourth-order valence-corrected chi connectivity index (χ4v) is 3.11. The minimum atomic E-state index is -4.68. The lowest BCUT2D eigenvalue weighted by Gasteiger charge is -2.32. The number of amides is 1. The Morgan fingerprint density at radius 1 is 1.34 bits per heavy atom. The summed E-state index contributed by atoms with van der Waals surface area (Å²) in [5.74, 6) is -1.43. The first kappa shape index (κ1) is 22.4. The molecule has 0 spiro atoms. The minimum Gasteiger partial charge on any atom is -0.452 e. The predicted molar refractivity (Wildman–Crippen MR) is 97.3 cm³/mol. The van der Waals surface area contributed by atoms with Crippen molar-refractivity contribution in [3.05, 3.63) is 33.9 Å². The smallest absolute Gasteiger partial charge is 0.416 e. The monoisotopic (exact) mass is 417 g/mol. The highest BCUT2D eigenvalue weighted by atomic mass is 19.4. The van der Waals surface area contributed by atoms with Crippen molar-refractivity contribution in [2.75, 3.05) is 24.5 Å². The number of ether oxygens (including phenoxy) is 1. The first-order valence-electron chi connectivity index (χ1n) is 9.13. The van der Waals surface area contributed by atoms with Crippen molar-refractivity contribution in [3.63, 3.8) is 0 Å². The van der Waals surface area contributed by atoms with E-state index in [0.29, 0.717) is 25.5 Å². The normalized spacial score (nSPS) is 16.2. The van der Waals surface area contributed by atoms with Crippen LogP contribution in [0.2, 0.25) is 0 Å². The van der Waals surface area contributed by atoms with Crippen molar-refractivity contribution < 1.29 is 32.4 Å².